The van der Waals surface area contributed by atoms with Gasteiger partial charge in [0.1, 0.15) is 11.0 Å². The number of benzene rings is 2. The summed E-state index contributed by atoms with van der Waals surface area (Å²) in [7, 11) is -3.71. The highest BCUT2D eigenvalue weighted by Crippen LogP contribution is 2.29. The SMILES string of the molecule is CC(OC(=O)c1ccc(Cl)c(S(=O)(=O)N2CCCC2)c1)c1ccccc1. The second kappa shape index (κ2) is 7.78. The molecule has 0 aliphatic carbocycles. The van der Waals surface area contributed by atoms with Crippen molar-refractivity contribution >= 4 is 27.6 Å². The molecular weight excluding hydrogens is 374 g/mol. The molecule has 1 unspecified atom stereocenters. The predicted molar refractivity (Wildman–Crippen MR) is 99.7 cm³/mol. The van der Waals surface area contributed by atoms with Gasteiger partial charge in [0.15, 0.2) is 0 Å². The Morgan fingerprint density at radius 1 is 1.12 bits per heavy atom. The van der Waals surface area contributed by atoms with Crippen molar-refractivity contribution in [2.45, 2.75) is 30.8 Å². The average Bonchev–Trinajstić information content (AvgIpc) is 3.18. The number of esters is 1. The summed E-state index contributed by atoms with van der Waals surface area (Å²) in [6.45, 7) is 2.71. The summed E-state index contributed by atoms with van der Waals surface area (Å²) in [6, 6.07) is 13.5. The number of hydrogen-bond acceptors (Lipinski definition) is 4. The zero-order valence-electron chi connectivity index (χ0n) is 14.4. The molecule has 0 bridgehead atoms. The quantitative estimate of drug-likeness (QED) is 0.719. The van der Waals surface area contributed by atoms with Crippen LogP contribution in [0.15, 0.2) is 53.4 Å². The summed E-state index contributed by atoms with van der Waals surface area (Å²) < 4.78 is 32.4. The minimum atomic E-state index is -3.71. The molecule has 0 N–H and O–H groups in total. The Morgan fingerprint density at radius 2 is 1.77 bits per heavy atom. The molecule has 2 aromatic rings. The fourth-order valence-electron chi connectivity index (χ4n) is 2.92. The van der Waals surface area contributed by atoms with Gasteiger partial charge in [-0.1, -0.05) is 41.9 Å². The van der Waals surface area contributed by atoms with Crippen LogP contribution in [0.4, 0.5) is 0 Å². The molecular formula is C19H20ClNO4S. The average molecular weight is 394 g/mol. The Kier molecular flexibility index (Phi) is 5.65. The number of hydrogen-bond donors (Lipinski definition) is 0. The molecule has 1 fully saturated rings. The highest BCUT2D eigenvalue weighted by molar-refractivity contribution is 7.89. The predicted octanol–water partition coefficient (Wildman–Crippen LogP) is 4.04. The van der Waals surface area contributed by atoms with Gasteiger partial charge in [0.25, 0.3) is 0 Å². The zero-order chi connectivity index (χ0) is 18.7. The molecule has 7 heteroatoms. The van der Waals surface area contributed by atoms with E-state index in [1.54, 1.807) is 6.92 Å². The van der Waals surface area contributed by atoms with Crippen LogP contribution in [0.2, 0.25) is 5.02 Å². The lowest BCUT2D eigenvalue weighted by atomic mass is 10.1. The van der Waals surface area contributed by atoms with Gasteiger partial charge in [0, 0.05) is 13.1 Å². The van der Waals surface area contributed by atoms with Crippen molar-refractivity contribution in [2.75, 3.05) is 13.1 Å². The molecule has 0 aromatic heterocycles. The highest BCUT2D eigenvalue weighted by atomic mass is 35.5. The molecule has 1 saturated heterocycles. The maximum atomic E-state index is 12.8. The van der Waals surface area contributed by atoms with Crippen LogP contribution in [0.5, 0.6) is 0 Å². The first kappa shape index (κ1) is 18.9. The van der Waals surface area contributed by atoms with Crippen molar-refractivity contribution < 1.29 is 17.9 Å². The van der Waals surface area contributed by atoms with Gasteiger partial charge >= 0.3 is 5.97 Å². The van der Waals surface area contributed by atoms with Gasteiger partial charge in [-0.25, -0.2) is 13.2 Å². The summed E-state index contributed by atoms with van der Waals surface area (Å²) in [6.07, 6.45) is 1.21. The van der Waals surface area contributed by atoms with E-state index in [4.69, 9.17) is 16.3 Å². The lowest BCUT2D eigenvalue weighted by Gasteiger charge is -2.18. The first-order valence-electron chi connectivity index (χ1n) is 8.45. The van der Waals surface area contributed by atoms with Crippen LogP contribution in [-0.2, 0) is 14.8 Å². The zero-order valence-corrected chi connectivity index (χ0v) is 16.0. The molecule has 3 rings (SSSR count). The van der Waals surface area contributed by atoms with E-state index in [9.17, 15) is 13.2 Å². The van der Waals surface area contributed by atoms with Gasteiger partial charge in [0.05, 0.1) is 10.6 Å². The van der Waals surface area contributed by atoms with Gasteiger partial charge in [0.2, 0.25) is 10.0 Å². The van der Waals surface area contributed by atoms with Crippen LogP contribution in [0.25, 0.3) is 0 Å². The second-order valence-corrected chi connectivity index (χ2v) is 8.53. The van der Waals surface area contributed by atoms with E-state index in [0.717, 1.165) is 18.4 Å². The van der Waals surface area contributed by atoms with E-state index >= 15 is 0 Å². The third kappa shape index (κ3) is 3.92. The third-order valence-electron chi connectivity index (χ3n) is 4.40. The van der Waals surface area contributed by atoms with Crippen LogP contribution in [0, 0.1) is 0 Å². The van der Waals surface area contributed by atoms with Crippen LogP contribution < -0.4 is 0 Å². The summed E-state index contributed by atoms with van der Waals surface area (Å²) in [5.41, 5.74) is 1.02. The fraction of sp³-hybridized carbons (Fsp3) is 0.316. The van der Waals surface area contributed by atoms with E-state index in [0.29, 0.717) is 13.1 Å². The van der Waals surface area contributed by atoms with Crippen LogP contribution in [0.3, 0.4) is 0 Å². The maximum absolute atomic E-state index is 12.8. The van der Waals surface area contributed by atoms with Crippen molar-refractivity contribution in [2.24, 2.45) is 0 Å². The van der Waals surface area contributed by atoms with E-state index in [-0.39, 0.29) is 15.5 Å². The Balaban J connectivity index is 1.84. The minimum Gasteiger partial charge on any atom is -0.454 e. The molecule has 1 aliphatic rings. The van der Waals surface area contributed by atoms with Gasteiger partial charge in [-0.05, 0) is 43.5 Å². The van der Waals surface area contributed by atoms with Gasteiger partial charge in [-0.15, -0.1) is 0 Å². The Morgan fingerprint density at radius 3 is 2.42 bits per heavy atom. The largest absolute Gasteiger partial charge is 0.454 e. The molecule has 138 valence electrons. The monoisotopic (exact) mass is 393 g/mol. The molecule has 26 heavy (non-hydrogen) atoms. The second-order valence-electron chi connectivity index (χ2n) is 6.21. The van der Waals surface area contributed by atoms with E-state index in [2.05, 4.69) is 0 Å². The summed E-state index contributed by atoms with van der Waals surface area (Å²) in [5.74, 6) is -0.587. The molecule has 0 saturated carbocycles. The lowest BCUT2D eigenvalue weighted by Crippen LogP contribution is -2.28. The standard InChI is InChI=1S/C19H20ClNO4S/c1-14(15-7-3-2-4-8-15)25-19(22)16-9-10-17(20)18(13-16)26(23,24)21-11-5-6-12-21/h2-4,7-10,13-14H,5-6,11-12H2,1H3. The smallest absolute Gasteiger partial charge is 0.338 e. The molecule has 2 aromatic carbocycles. The molecule has 0 radical (unpaired) electrons. The number of carbonyl (C=O) groups is 1. The van der Waals surface area contributed by atoms with Gasteiger partial charge in [-0.3, -0.25) is 0 Å². The van der Waals surface area contributed by atoms with Crippen molar-refractivity contribution in [3.63, 3.8) is 0 Å². The molecule has 1 atom stereocenters. The molecule has 0 spiro atoms. The van der Waals surface area contributed by atoms with Gasteiger partial charge < -0.3 is 4.74 Å². The normalized spacial score (nSPS) is 16.4. The maximum Gasteiger partial charge on any atom is 0.338 e. The number of carbonyl (C=O) groups excluding carboxylic acids is 1. The molecule has 1 aliphatic heterocycles. The Labute approximate surface area is 158 Å². The number of sulfonamides is 1. The number of halogens is 1. The summed E-state index contributed by atoms with van der Waals surface area (Å²) in [4.78, 5) is 12.4. The molecule has 0 amide bonds. The van der Waals surface area contributed by atoms with Crippen LogP contribution in [-0.4, -0.2) is 31.8 Å². The van der Waals surface area contributed by atoms with Crippen molar-refractivity contribution in [1.29, 1.82) is 0 Å². The van der Waals surface area contributed by atoms with Crippen LogP contribution in [0.1, 0.15) is 41.8 Å². The first-order valence-corrected chi connectivity index (χ1v) is 10.3. The van der Waals surface area contributed by atoms with E-state index < -0.39 is 22.1 Å². The first-order chi connectivity index (χ1) is 12.4. The van der Waals surface area contributed by atoms with Crippen molar-refractivity contribution in [3.8, 4) is 0 Å². The Bertz CT molecular complexity index is 893. The topological polar surface area (TPSA) is 63.7 Å². The summed E-state index contributed by atoms with van der Waals surface area (Å²) >= 11 is 6.11. The number of nitrogens with zero attached hydrogens (tertiary/aromatic N) is 1. The third-order valence-corrected chi connectivity index (χ3v) is 6.78. The van der Waals surface area contributed by atoms with Gasteiger partial charge in [-0.2, -0.15) is 4.31 Å². The van der Waals surface area contributed by atoms with Crippen LogP contribution >= 0.6 is 11.6 Å². The highest BCUT2D eigenvalue weighted by Gasteiger charge is 2.30. The lowest BCUT2D eigenvalue weighted by molar-refractivity contribution is 0.0337. The number of rotatable bonds is 5. The van der Waals surface area contributed by atoms with E-state index in [1.165, 1.54) is 22.5 Å². The summed E-state index contributed by atoms with van der Waals surface area (Å²) in [5, 5.41) is 0.101. The van der Waals surface area contributed by atoms with Crippen molar-refractivity contribution in [1.82, 2.24) is 4.31 Å². The fourth-order valence-corrected chi connectivity index (χ4v) is 4.93. The molecule has 1 heterocycles. The molecule has 5 nitrogen and oxygen atoms in total. The van der Waals surface area contributed by atoms with Crippen molar-refractivity contribution in [3.05, 3.63) is 64.7 Å². The minimum absolute atomic E-state index is 0.0529. The van der Waals surface area contributed by atoms with E-state index in [1.807, 2.05) is 30.3 Å². The Hall–Kier alpha value is -1.89. The number of ether oxygens (including phenoxy) is 1.